The second-order valence-electron chi connectivity index (χ2n) is 9.15. The van der Waals surface area contributed by atoms with E-state index in [2.05, 4.69) is 20.5 Å². The lowest BCUT2D eigenvalue weighted by Gasteiger charge is -2.32. The van der Waals surface area contributed by atoms with E-state index in [-0.39, 0.29) is 29.9 Å². The molecule has 2 aromatic rings. The molecular formula is C25H33F3N4O. The van der Waals surface area contributed by atoms with Gasteiger partial charge in [0.15, 0.2) is 11.6 Å². The van der Waals surface area contributed by atoms with Crippen molar-refractivity contribution in [2.75, 3.05) is 39.8 Å². The zero-order chi connectivity index (χ0) is 23.2. The molecule has 1 aliphatic heterocycles. The predicted octanol–water partition coefficient (Wildman–Crippen LogP) is 3.84. The Labute approximate surface area is 193 Å². The number of nitrogens with one attached hydrogen (secondary N) is 2. The summed E-state index contributed by atoms with van der Waals surface area (Å²) in [7, 11) is 1.98. The fourth-order valence-electron chi connectivity index (χ4n) is 4.66. The van der Waals surface area contributed by atoms with Gasteiger partial charge in [0.2, 0.25) is 5.95 Å². The van der Waals surface area contributed by atoms with Crippen LogP contribution in [0.3, 0.4) is 0 Å². The summed E-state index contributed by atoms with van der Waals surface area (Å²) in [4.78, 5) is 6.11. The van der Waals surface area contributed by atoms with Crippen molar-refractivity contribution in [3.05, 3.63) is 59.2 Å². The molecule has 1 aromatic carbocycles. The van der Waals surface area contributed by atoms with Gasteiger partial charge in [-0.25, -0.2) is 13.8 Å². The van der Waals surface area contributed by atoms with Gasteiger partial charge in [-0.3, -0.25) is 0 Å². The van der Waals surface area contributed by atoms with Gasteiger partial charge in [-0.1, -0.05) is 0 Å². The number of ether oxygens (including phenoxy) is 1. The molecule has 4 rings (SSSR count). The molecule has 1 aromatic heterocycles. The average molecular weight is 463 g/mol. The van der Waals surface area contributed by atoms with E-state index in [1.165, 1.54) is 37.6 Å². The first-order valence-electron chi connectivity index (χ1n) is 11.9. The number of hydrogen-bond donors (Lipinski definition) is 2. The van der Waals surface area contributed by atoms with E-state index in [0.717, 1.165) is 45.2 Å². The highest BCUT2D eigenvalue weighted by atomic mass is 19.1. The summed E-state index contributed by atoms with van der Waals surface area (Å²) in [6, 6.07) is 5.47. The molecule has 2 N–H and O–H groups in total. The molecule has 5 nitrogen and oxygen atoms in total. The summed E-state index contributed by atoms with van der Waals surface area (Å²) < 4.78 is 48.0. The zero-order valence-corrected chi connectivity index (χ0v) is 19.1. The molecule has 0 spiro atoms. The van der Waals surface area contributed by atoms with Gasteiger partial charge in [-0.15, -0.1) is 0 Å². The third-order valence-corrected chi connectivity index (χ3v) is 6.71. The van der Waals surface area contributed by atoms with Crippen LogP contribution in [0.25, 0.3) is 0 Å². The largest absolute Gasteiger partial charge is 0.485 e. The maximum Gasteiger partial charge on any atom is 0.219 e. The van der Waals surface area contributed by atoms with Gasteiger partial charge in [0.05, 0.1) is 0 Å². The minimum absolute atomic E-state index is 0.00355. The normalized spacial score (nSPS) is 21.3. The van der Waals surface area contributed by atoms with E-state index in [4.69, 9.17) is 4.74 Å². The monoisotopic (exact) mass is 462 g/mol. The van der Waals surface area contributed by atoms with Crippen LogP contribution in [0.2, 0.25) is 0 Å². The predicted molar refractivity (Wildman–Crippen MR) is 122 cm³/mol. The minimum Gasteiger partial charge on any atom is -0.485 e. The standard InChI is InChI=1S/C25H33F3N4O/c1-29-7-3-9-32-10-5-17(6-11-32)15-31-23-14-20(23)21-12-19(26)13-22(27)24(21)33-16-18-4-2-8-30-25(18)28/h2,4,8,12-13,17,20,23,29,31H,3,5-7,9-11,14-16H2,1H3. The van der Waals surface area contributed by atoms with Gasteiger partial charge in [0.25, 0.3) is 0 Å². The Morgan fingerprint density at radius 3 is 2.76 bits per heavy atom. The SMILES string of the molecule is CNCCCN1CCC(CNC2CC2c2cc(F)cc(F)c2OCc2cccnc2F)CC1. The van der Waals surface area contributed by atoms with Crippen LogP contribution >= 0.6 is 0 Å². The average Bonchev–Trinajstić information content (AvgIpc) is 3.58. The molecule has 0 radical (unpaired) electrons. The lowest BCUT2D eigenvalue weighted by molar-refractivity contribution is 0.180. The first-order valence-corrected chi connectivity index (χ1v) is 11.9. The van der Waals surface area contributed by atoms with Crippen molar-refractivity contribution in [2.24, 2.45) is 5.92 Å². The Hall–Kier alpha value is -2.16. The molecular weight excluding hydrogens is 429 g/mol. The Morgan fingerprint density at radius 2 is 2.00 bits per heavy atom. The molecule has 1 saturated heterocycles. The highest BCUT2D eigenvalue weighted by Gasteiger charge is 2.41. The third-order valence-electron chi connectivity index (χ3n) is 6.71. The van der Waals surface area contributed by atoms with Crippen LogP contribution < -0.4 is 15.4 Å². The van der Waals surface area contributed by atoms with Crippen LogP contribution in [-0.2, 0) is 6.61 Å². The van der Waals surface area contributed by atoms with Crippen molar-refractivity contribution in [3.63, 3.8) is 0 Å². The lowest BCUT2D eigenvalue weighted by atomic mass is 9.96. The lowest BCUT2D eigenvalue weighted by Crippen LogP contribution is -2.38. The topological polar surface area (TPSA) is 49.4 Å². The summed E-state index contributed by atoms with van der Waals surface area (Å²) >= 11 is 0. The van der Waals surface area contributed by atoms with E-state index in [1.54, 1.807) is 6.07 Å². The van der Waals surface area contributed by atoms with Crippen molar-refractivity contribution in [3.8, 4) is 5.75 Å². The molecule has 0 amide bonds. The number of nitrogens with zero attached hydrogens (tertiary/aromatic N) is 2. The number of piperidine rings is 1. The maximum absolute atomic E-state index is 14.6. The second-order valence-corrected chi connectivity index (χ2v) is 9.15. The zero-order valence-electron chi connectivity index (χ0n) is 19.1. The van der Waals surface area contributed by atoms with Gasteiger partial charge in [0, 0.05) is 35.3 Å². The van der Waals surface area contributed by atoms with Crippen molar-refractivity contribution in [2.45, 2.75) is 44.2 Å². The molecule has 1 aliphatic carbocycles. The second kappa shape index (κ2) is 11.3. The van der Waals surface area contributed by atoms with Gasteiger partial charge >= 0.3 is 0 Å². The first-order chi connectivity index (χ1) is 16.0. The van der Waals surface area contributed by atoms with Crippen LogP contribution in [0.4, 0.5) is 13.2 Å². The molecule has 2 heterocycles. The molecule has 180 valence electrons. The third kappa shape index (κ3) is 6.46. The fraction of sp³-hybridized carbons (Fsp3) is 0.560. The van der Waals surface area contributed by atoms with Crippen LogP contribution in [0, 0.1) is 23.5 Å². The summed E-state index contributed by atoms with van der Waals surface area (Å²) in [5.41, 5.74) is 0.739. The van der Waals surface area contributed by atoms with Crippen LogP contribution in [0.15, 0.2) is 30.5 Å². The summed E-state index contributed by atoms with van der Waals surface area (Å²) in [6.07, 6.45) is 5.67. The minimum atomic E-state index is -0.759. The maximum atomic E-state index is 14.6. The highest BCUT2D eigenvalue weighted by molar-refractivity contribution is 5.42. The van der Waals surface area contributed by atoms with Crippen molar-refractivity contribution >= 4 is 0 Å². The Morgan fingerprint density at radius 1 is 1.18 bits per heavy atom. The van der Waals surface area contributed by atoms with Crippen LogP contribution in [-0.4, -0.2) is 55.7 Å². The van der Waals surface area contributed by atoms with Crippen LogP contribution in [0.5, 0.6) is 5.75 Å². The van der Waals surface area contributed by atoms with Crippen LogP contribution in [0.1, 0.15) is 42.7 Å². The van der Waals surface area contributed by atoms with Gasteiger partial charge in [-0.05, 0) is 89.6 Å². The molecule has 2 aliphatic rings. The Bertz CT molecular complexity index is 921. The molecule has 2 fully saturated rings. The van der Waals surface area contributed by atoms with Crippen molar-refractivity contribution in [1.29, 1.82) is 0 Å². The first kappa shape index (κ1) is 24.0. The highest BCUT2D eigenvalue weighted by Crippen LogP contribution is 2.46. The van der Waals surface area contributed by atoms with Crippen molar-refractivity contribution < 1.29 is 17.9 Å². The quantitative estimate of drug-likeness (QED) is 0.393. The van der Waals surface area contributed by atoms with E-state index < -0.39 is 17.6 Å². The van der Waals surface area contributed by atoms with Gasteiger partial charge in [-0.2, -0.15) is 4.39 Å². The number of aromatic nitrogens is 1. The number of rotatable bonds is 11. The van der Waals surface area contributed by atoms with E-state index >= 15 is 0 Å². The van der Waals surface area contributed by atoms with E-state index in [0.29, 0.717) is 11.5 Å². The Kier molecular flexibility index (Phi) is 8.22. The van der Waals surface area contributed by atoms with Gasteiger partial charge < -0.3 is 20.3 Å². The molecule has 8 heteroatoms. The number of halogens is 3. The smallest absolute Gasteiger partial charge is 0.219 e. The Balaban J connectivity index is 1.29. The molecule has 0 bridgehead atoms. The molecule has 1 saturated carbocycles. The molecule has 2 atom stereocenters. The summed E-state index contributed by atoms with van der Waals surface area (Å²) in [5, 5.41) is 6.78. The van der Waals surface area contributed by atoms with E-state index in [9.17, 15) is 13.2 Å². The molecule has 2 unspecified atom stereocenters. The number of likely N-dealkylation sites (tertiary alicyclic amines) is 1. The summed E-state index contributed by atoms with van der Waals surface area (Å²) in [6.45, 7) is 5.20. The number of benzene rings is 1. The van der Waals surface area contributed by atoms with Gasteiger partial charge in [0.1, 0.15) is 12.4 Å². The molecule has 33 heavy (non-hydrogen) atoms. The fourth-order valence-corrected chi connectivity index (χ4v) is 4.66. The summed E-state index contributed by atoms with van der Waals surface area (Å²) in [5.74, 6) is -1.42. The van der Waals surface area contributed by atoms with Crippen molar-refractivity contribution in [1.82, 2.24) is 20.5 Å². The van der Waals surface area contributed by atoms with E-state index in [1.807, 2.05) is 7.05 Å². The number of pyridine rings is 1. The number of hydrogen-bond acceptors (Lipinski definition) is 5.